The van der Waals surface area contributed by atoms with Gasteiger partial charge in [0, 0.05) is 25.2 Å². The van der Waals surface area contributed by atoms with Crippen LogP contribution in [-0.4, -0.2) is 48.5 Å². The number of rotatable bonds is 4. The molecular formula is C17H23F3N2O2S. The van der Waals surface area contributed by atoms with Crippen molar-refractivity contribution in [2.45, 2.75) is 44.4 Å². The highest BCUT2D eigenvalue weighted by Crippen LogP contribution is 2.39. The summed E-state index contributed by atoms with van der Waals surface area (Å²) in [6.07, 6.45) is -1.62. The van der Waals surface area contributed by atoms with Crippen molar-refractivity contribution in [2.24, 2.45) is 0 Å². The molecule has 25 heavy (non-hydrogen) atoms. The van der Waals surface area contributed by atoms with E-state index in [-0.39, 0.29) is 11.3 Å². The summed E-state index contributed by atoms with van der Waals surface area (Å²) in [7, 11) is -3.20. The van der Waals surface area contributed by atoms with Gasteiger partial charge < -0.3 is 0 Å². The Labute approximate surface area is 146 Å². The molecule has 0 aliphatic carbocycles. The van der Waals surface area contributed by atoms with E-state index in [2.05, 4.69) is 4.90 Å². The lowest BCUT2D eigenvalue weighted by molar-refractivity contribution is -0.137. The molecule has 2 saturated heterocycles. The summed E-state index contributed by atoms with van der Waals surface area (Å²) >= 11 is 0. The molecule has 0 amide bonds. The van der Waals surface area contributed by atoms with Gasteiger partial charge in [-0.3, -0.25) is 4.90 Å². The van der Waals surface area contributed by atoms with Gasteiger partial charge in [0.05, 0.1) is 11.3 Å². The molecule has 0 saturated carbocycles. The zero-order chi connectivity index (χ0) is 18.3. The van der Waals surface area contributed by atoms with Gasteiger partial charge in [0.2, 0.25) is 10.0 Å². The van der Waals surface area contributed by atoms with E-state index in [0.29, 0.717) is 19.6 Å². The lowest BCUT2D eigenvalue weighted by Crippen LogP contribution is -2.46. The Morgan fingerprint density at radius 2 is 1.80 bits per heavy atom. The maximum Gasteiger partial charge on any atom is 0.416 e. The second kappa shape index (κ2) is 6.55. The fraction of sp³-hybridized carbons (Fsp3) is 0.647. The summed E-state index contributed by atoms with van der Waals surface area (Å²) < 4.78 is 63.9. The minimum atomic E-state index is -4.33. The minimum Gasteiger partial charge on any atom is -0.292 e. The molecule has 140 valence electrons. The van der Waals surface area contributed by atoms with E-state index in [1.165, 1.54) is 12.1 Å². The van der Waals surface area contributed by atoms with Crippen LogP contribution in [-0.2, 0) is 22.7 Å². The first-order valence-electron chi connectivity index (χ1n) is 8.55. The zero-order valence-electron chi connectivity index (χ0n) is 14.2. The molecule has 3 rings (SSSR count). The van der Waals surface area contributed by atoms with Crippen molar-refractivity contribution in [3.63, 3.8) is 0 Å². The summed E-state index contributed by atoms with van der Waals surface area (Å²) in [6.45, 7) is 4.07. The van der Waals surface area contributed by atoms with Gasteiger partial charge in [0.1, 0.15) is 0 Å². The molecule has 2 heterocycles. The normalized spacial score (nSPS) is 25.9. The zero-order valence-corrected chi connectivity index (χ0v) is 15.0. The van der Waals surface area contributed by atoms with Crippen LogP contribution < -0.4 is 0 Å². The van der Waals surface area contributed by atoms with E-state index in [1.54, 1.807) is 11.2 Å². The number of sulfonamides is 1. The van der Waals surface area contributed by atoms with Gasteiger partial charge in [-0.2, -0.15) is 13.2 Å². The van der Waals surface area contributed by atoms with Crippen molar-refractivity contribution in [3.8, 4) is 0 Å². The van der Waals surface area contributed by atoms with Crippen molar-refractivity contribution in [1.82, 2.24) is 9.21 Å². The Bertz CT molecular complexity index is 718. The third kappa shape index (κ3) is 3.71. The van der Waals surface area contributed by atoms with Gasteiger partial charge in [-0.1, -0.05) is 12.1 Å². The van der Waals surface area contributed by atoms with Crippen LogP contribution in [0.1, 0.15) is 37.3 Å². The van der Waals surface area contributed by atoms with Gasteiger partial charge in [-0.15, -0.1) is 0 Å². The molecule has 1 spiro atoms. The third-order valence-corrected chi connectivity index (χ3v) is 7.28. The highest BCUT2D eigenvalue weighted by Gasteiger charge is 2.48. The standard InChI is InChI=1S/C17H23F3N2O2S/c1-2-25(23,24)22-11-9-16(13-22)8-3-10-21(16)12-14-4-6-15(7-5-14)17(18,19)20/h4-7H,2-3,8-13H2,1H3/t16-/m0/s1. The quantitative estimate of drug-likeness (QED) is 0.811. The molecular weight excluding hydrogens is 353 g/mol. The lowest BCUT2D eigenvalue weighted by Gasteiger charge is -2.35. The fourth-order valence-corrected chi connectivity index (χ4v) is 5.13. The van der Waals surface area contributed by atoms with Crippen LogP contribution >= 0.6 is 0 Å². The highest BCUT2D eigenvalue weighted by atomic mass is 32.2. The van der Waals surface area contributed by atoms with Gasteiger partial charge in [-0.25, -0.2) is 12.7 Å². The van der Waals surface area contributed by atoms with Gasteiger partial charge in [0.25, 0.3) is 0 Å². The van der Waals surface area contributed by atoms with E-state index >= 15 is 0 Å². The summed E-state index contributed by atoms with van der Waals surface area (Å²) in [5.74, 6) is 0.0992. The molecule has 2 fully saturated rings. The average molecular weight is 376 g/mol. The second-order valence-electron chi connectivity index (χ2n) is 6.93. The Morgan fingerprint density at radius 3 is 2.40 bits per heavy atom. The fourth-order valence-electron chi connectivity index (χ4n) is 3.96. The predicted molar refractivity (Wildman–Crippen MR) is 89.5 cm³/mol. The molecule has 0 N–H and O–H groups in total. The smallest absolute Gasteiger partial charge is 0.292 e. The maximum atomic E-state index is 12.7. The first-order chi connectivity index (χ1) is 11.7. The molecule has 1 aromatic carbocycles. The van der Waals surface area contributed by atoms with Gasteiger partial charge >= 0.3 is 6.18 Å². The Hall–Kier alpha value is -1.12. The van der Waals surface area contributed by atoms with Crippen LogP contribution in [0, 0.1) is 0 Å². The molecule has 0 aromatic heterocycles. The molecule has 2 aliphatic rings. The summed E-state index contributed by atoms with van der Waals surface area (Å²) in [4.78, 5) is 2.25. The SMILES string of the molecule is CCS(=O)(=O)N1CC[C@@]2(CCCN2Cc2ccc(C(F)(F)F)cc2)C1. The maximum absolute atomic E-state index is 12.7. The van der Waals surface area contributed by atoms with Crippen molar-refractivity contribution in [1.29, 1.82) is 0 Å². The second-order valence-corrected chi connectivity index (χ2v) is 9.19. The van der Waals surface area contributed by atoms with E-state index < -0.39 is 21.8 Å². The van der Waals surface area contributed by atoms with Crippen LogP contribution in [0.2, 0.25) is 0 Å². The number of nitrogens with zero attached hydrogens (tertiary/aromatic N) is 2. The third-order valence-electron chi connectivity index (χ3n) is 5.45. The molecule has 8 heteroatoms. The van der Waals surface area contributed by atoms with Crippen molar-refractivity contribution < 1.29 is 21.6 Å². The summed E-state index contributed by atoms with van der Waals surface area (Å²) in [5.41, 5.74) is 0.00447. The first kappa shape index (κ1) is 18.7. The molecule has 2 aliphatic heterocycles. The number of benzene rings is 1. The van der Waals surface area contributed by atoms with Crippen molar-refractivity contribution >= 4 is 10.0 Å². The average Bonchev–Trinajstić information content (AvgIpc) is 3.16. The van der Waals surface area contributed by atoms with E-state index in [4.69, 9.17) is 0 Å². The number of hydrogen-bond donors (Lipinski definition) is 0. The number of alkyl halides is 3. The summed E-state index contributed by atoms with van der Waals surface area (Å²) in [6, 6.07) is 5.26. The largest absolute Gasteiger partial charge is 0.416 e. The van der Waals surface area contributed by atoms with E-state index in [1.807, 2.05) is 0 Å². The highest BCUT2D eigenvalue weighted by molar-refractivity contribution is 7.89. The Balaban J connectivity index is 1.73. The topological polar surface area (TPSA) is 40.6 Å². The molecule has 0 bridgehead atoms. The number of likely N-dealkylation sites (tertiary alicyclic amines) is 1. The summed E-state index contributed by atoms with van der Waals surface area (Å²) in [5, 5.41) is 0. The monoisotopic (exact) mass is 376 g/mol. The number of halogens is 3. The van der Waals surface area contributed by atoms with Crippen LogP contribution in [0.3, 0.4) is 0 Å². The Kier molecular flexibility index (Phi) is 4.89. The Morgan fingerprint density at radius 1 is 1.12 bits per heavy atom. The van der Waals surface area contributed by atoms with Crippen LogP contribution in [0.25, 0.3) is 0 Å². The molecule has 1 atom stereocenters. The van der Waals surface area contributed by atoms with Gasteiger partial charge in [0.15, 0.2) is 0 Å². The molecule has 0 unspecified atom stereocenters. The van der Waals surface area contributed by atoms with Crippen molar-refractivity contribution in [3.05, 3.63) is 35.4 Å². The number of hydrogen-bond acceptors (Lipinski definition) is 3. The first-order valence-corrected chi connectivity index (χ1v) is 10.2. The minimum absolute atomic E-state index is 0.0992. The van der Waals surface area contributed by atoms with E-state index in [9.17, 15) is 21.6 Å². The van der Waals surface area contributed by atoms with E-state index in [0.717, 1.165) is 43.5 Å². The van der Waals surface area contributed by atoms with Gasteiger partial charge in [-0.05, 0) is 50.4 Å². The van der Waals surface area contributed by atoms with Crippen LogP contribution in [0.15, 0.2) is 24.3 Å². The molecule has 4 nitrogen and oxygen atoms in total. The van der Waals surface area contributed by atoms with Crippen molar-refractivity contribution in [2.75, 3.05) is 25.4 Å². The molecule has 0 radical (unpaired) electrons. The van der Waals surface area contributed by atoms with Crippen LogP contribution in [0.4, 0.5) is 13.2 Å². The predicted octanol–water partition coefficient (Wildman–Crippen LogP) is 3.10. The lowest BCUT2D eigenvalue weighted by atomic mass is 9.95. The van der Waals surface area contributed by atoms with Crippen LogP contribution in [0.5, 0.6) is 0 Å². The molecule has 1 aromatic rings.